The minimum Gasteiger partial charge on any atom is -0.478 e. The maximum atomic E-state index is 15.6. The summed E-state index contributed by atoms with van der Waals surface area (Å²) in [4.78, 5) is 45.7. The Kier molecular flexibility index (Phi) is 10.5. The number of aromatic nitrogens is 6. The highest BCUT2D eigenvalue weighted by molar-refractivity contribution is 7.92. The van der Waals surface area contributed by atoms with Gasteiger partial charge in [-0.1, -0.05) is 35.3 Å². The number of hydrogen-bond donors (Lipinski definition) is 3. The van der Waals surface area contributed by atoms with E-state index in [1.807, 2.05) is 0 Å². The van der Waals surface area contributed by atoms with Crippen LogP contribution >= 0.6 is 23.2 Å². The van der Waals surface area contributed by atoms with E-state index in [4.69, 9.17) is 28.2 Å². The van der Waals surface area contributed by atoms with Crippen LogP contribution in [0, 0.1) is 17.6 Å². The van der Waals surface area contributed by atoms with E-state index in [0.29, 0.717) is 21.9 Å². The summed E-state index contributed by atoms with van der Waals surface area (Å²) in [5.41, 5.74) is -2.31. The van der Waals surface area contributed by atoms with Crippen LogP contribution in [-0.2, 0) is 40.8 Å². The molecular weight excluding hydrogens is 929 g/mol. The Morgan fingerprint density at radius 2 is 1.66 bits per heavy atom. The van der Waals surface area contributed by atoms with Gasteiger partial charge >= 0.3 is 5.97 Å². The van der Waals surface area contributed by atoms with E-state index in [2.05, 4.69) is 20.2 Å². The largest absolute Gasteiger partial charge is 0.478 e. The number of amides is 1. The first-order valence-electron chi connectivity index (χ1n) is 19.4. The molecule has 1 saturated carbocycles. The minimum absolute atomic E-state index is 0.00647. The van der Waals surface area contributed by atoms with Crippen molar-refractivity contribution in [3.63, 3.8) is 0 Å². The van der Waals surface area contributed by atoms with Crippen molar-refractivity contribution in [2.24, 2.45) is 13.0 Å². The molecule has 7 aromatic rings. The number of aryl methyl sites for hydroxylation is 1. The van der Waals surface area contributed by atoms with Gasteiger partial charge in [0.05, 0.1) is 55.4 Å². The SMILES string of the molecule is Cn1nc(NS(C)(=O)=O)c2c(Cl)ccc(-n3c([C@H](Cc4cc(F)cc(F)c4)NC(=O)Cn4nc(C(F)F)c5c4C(F)(F)[C@@H]4C[C@H]54)nc4cc(-c5ccc(C(=O)O)c(Cl)c5)ccc4c3=O)c21. The van der Waals surface area contributed by atoms with Crippen LogP contribution in [0.1, 0.15) is 63.5 Å². The molecule has 0 saturated heterocycles. The van der Waals surface area contributed by atoms with Crippen LogP contribution in [-0.4, -0.2) is 60.8 Å². The fraction of sp³-hybridized carbons (Fsp3) is 0.238. The third-order valence-electron chi connectivity index (χ3n) is 11.3. The van der Waals surface area contributed by atoms with Crippen molar-refractivity contribution in [3.8, 4) is 16.8 Å². The monoisotopic (exact) mass is 958 g/mol. The number of nitrogens with zero attached hydrogens (tertiary/aromatic N) is 6. The second-order valence-electron chi connectivity index (χ2n) is 15.8. The molecule has 0 unspecified atom stereocenters. The van der Waals surface area contributed by atoms with E-state index < -0.39 is 93.7 Å². The summed E-state index contributed by atoms with van der Waals surface area (Å²) in [6.07, 6.45) is -2.91. The Bertz CT molecular complexity index is 3360. The maximum absolute atomic E-state index is 15.6. The number of rotatable bonds is 12. The summed E-state index contributed by atoms with van der Waals surface area (Å²) in [5.74, 6) is -10.6. The van der Waals surface area contributed by atoms with Crippen molar-refractivity contribution in [1.29, 1.82) is 0 Å². The van der Waals surface area contributed by atoms with Crippen LogP contribution in [0.3, 0.4) is 0 Å². The highest BCUT2D eigenvalue weighted by Gasteiger charge is 2.67. The van der Waals surface area contributed by atoms with Gasteiger partial charge in [0.1, 0.15) is 35.4 Å². The topological polar surface area (TPSA) is 183 Å². The molecule has 14 nitrogen and oxygen atoms in total. The minimum atomic E-state index is -3.95. The molecule has 3 heterocycles. The summed E-state index contributed by atoms with van der Waals surface area (Å²) in [5, 5.41) is 20.0. The zero-order valence-corrected chi connectivity index (χ0v) is 35.7. The zero-order valence-electron chi connectivity index (χ0n) is 33.4. The Morgan fingerprint density at radius 1 is 0.969 bits per heavy atom. The molecule has 2 aliphatic rings. The van der Waals surface area contributed by atoms with Gasteiger partial charge in [-0.3, -0.25) is 28.2 Å². The summed E-state index contributed by atoms with van der Waals surface area (Å²) in [6.45, 7) is -1.03. The van der Waals surface area contributed by atoms with E-state index in [9.17, 15) is 40.7 Å². The van der Waals surface area contributed by atoms with Crippen LogP contribution in [0.15, 0.2) is 71.5 Å². The number of nitrogens with one attached hydrogen (secondary N) is 2. The van der Waals surface area contributed by atoms with Gasteiger partial charge in [-0.25, -0.2) is 35.8 Å². The smallest absolute Gasteiger partial charge is 0.337 e. The molecule has 0 aliphatic heterocycles. The fourth-order valence-electron chi connectivity index (χ4n) is 8.63. The van der Waals surface area contributed by atoms with Gasteiger partial charge in [-0.05, 0) is 77.6 Å². The van der Waals surface area contributed by atoms with Gasteiger partial charge in [0, 0.05) is 31.0 Å². The maximum Gasteiger partial charge on any atom is 0.337 e. The lowest BCUT2D eigenvalue weighted by Crippen LogP contribution is -2.38. The first-order valence-corrected chi connectivity index (χ1v) is 22.0. The van der Waals surface area contributed by atoms with Gasteiger partial charge in [0.2, 0.25) is 15.9 Å². The number of fused-ring (bicyclic) bond motifs is 5. The summed E-state index contributed by atoms with van der Waals surface area (Å²) >= 11 is 12.9. The first kappa shape index (κ1) is 43.8. The first-order chi connectivity index (χ1) is 30.6. The van der Waals surface area contributed by atoms with Crippen molar-refractivity contribution in [2.75, 3.05) is 11.0 Å². The van der Waals surface area contributed by atoms with E-state index in [0.717, 1.165) is 23.0 Å². The average Bonchev–Trinajstić information content (AvgIpc) is 3.75. The number of aromatic carboxylic acids is 1. The number of carbonyl (C=O) groups excluding carboxylic acids is 1. The normalized spacial score (nSPS) is 16.8. The highest BCUT2D eigenvalue weighted by Crippen LogP contribution is 2.68. The Morgan fingerprint density at radius 3 is 2.32 bits per heavy atom. The number of anilines is 1. The summed E-state index contributed by atoms with van der Waals surface area (Å²) in [6, 6.07) is 12.1. The van der Waals surface area contributed by atoms with Crippen molar-refractivity contribution in [2.45, 2.75) is 43.7 Å². The van der Waals surface area contributed by atoms with E-state index in [1.165, 1.54) is 60.3 Å². The Balaban J connectivity index is 1.26. The molecule has 1 fully saturated rings. The number of sulfonamides is 1. The molecule has 3 aromatic heterocycles. The van der Waals surface area contributed by atoms with Crippen molar-refractivity contribution in [1.82, 2.24) is 34.4 Å². The molecule has 0 radical (unpaired) electrons. The molecule has 0 spiro atoms. The zero-order chi connectivity index (χ0) is 46.6. The van der Waals surface area contributed by atoms with Gasteiger partial charge in [0.15, 0.2) is 5.82 Å². The standard InChI is InChI=1S/C42H30Cl2F6N8O6S/c1-56-35-30(8-7-26(43)33(35)38(54-56)55-65(2,63)64)58-39(52-28-13-19(4-6-23(28)40(58)60)18-3-5-22(41(61)62)27(44)12-18)29(11-17-9-20(45)14-21(46)10-17)51-31(59)16-57-36-32(34(53-57)37(47)48)24-15-25(24)42(36,49)50/h3-10,12-14,24-25,29,37H,11,15-16H2,1-2H3,(H,51,59)(H,54,55)(H,61,62)/t24-,25+,29-/m0/s1. The Labute approximate surface area is 372 Å². The van der Waals surface area contributed by atoms with Crippen LogP contribution in [0.4, 0.5) is 32.2 Å². The number of alkyl halides is 4. The summed E-state index contributed by atoms with van der Waals surface area (Å²) < 4.78 is 119. The van der Waals surface area contributed by atoms with E-state index in [-0.39, 0.29) is 72.3 Å². The number of carboxylic acids is 1. The van der Waals surface area contributed by atoms with Crippen LogP contribution < -0.4 is 15.6 Å². The second kappa shape index (κ2) is 15.6. The molecule has 1 amide bonds. The molecule has 23 heteroatoms. The molecule has 4 aromatic carbocycles. The lowest BCUT2D eigenvalue weighted by Gasteiger charge is -2.24. The predicted molar refractivity (Wildman–Crippen MR) is 225 cm³/mol. The van der Waals surface area contributed by atoms with Crippen LogP contribution in [0.2, 0.25) is 10.0 Å². The van der Waals surface area contributed by atoms with Crippen LogP contribution in [0.5, 0.6) is 0 Å². The molecule has 336 valence electrons. The molecule has 2 aliphatic carbocycles. The number of halogens is 8. The molecule has 3 atom stereocenters. The highest BCUT2D eigenvalue weighted by atomic mass is 35.5. The van der Waals surface area contributed by atoms with Gasteiger partial charge in [0.25, 0.3) is 17.9 Å². The lowest BCUT2D eigenvalue weighted by atomic mass is 10.0. The molecule has 3 N–H and O–H groups in total. The predicted octanol–water partition coefficient (Wildman–Crippen LogP) is 8.04. The van der Waals surface area contributed by atoms with E-state index >= 15 is 13.6 Å². The van der Waals surface area contributed by atoms with E-state index in [1.54, 1.807) is 0 Å². The quantitative estimate of drug-likeness (QED) is 0.102. The van der Waals surface area contributed by atoms with Crippen molar-refractivity contribution >= 4 is 72.7 Å². The lowest BCUT2D eigenvalue weighted by molar-refractivity contribution is -0.123. The van der Waals surface area contributed by atoms with Gasteiger partial charge < -0.3 is 10.4 Å². The number of hydrogen-bond acceptors (Lipinski definition) is 8. The average molecular weight is 960 g/mol. The van der Waals surface area contributed by atoms with Gasteiger partial charge in [-0.2, -0.15) is 19.0 Å². The van der Waals surface area contributed by atoms with Crippen LogP contribution in [0.25, 0.3) is 38.6 Å². The molecule has 0 bridgehead atoms. The molecule has 9 rings (SSSR count). The van der Waals surface area contributed by atoms with Crippen molar-refractivity contribution < 1.29 is 49.5 Å². The second-order valence-corrected chi connectivity index (χ2v) is 18.3. The third kappa shape index (κ3) is 7.73. The number of carboxylic acid groups (broad SMARTS) is 1. The third-order valence-corrected chi connectivity index (χ3v) is 12.5. The van der Waals surface area contributed by atoms with Gasteiger partial charge in [-0.15, -0.1) is 0 Å². The van der Waals surface area contributed by atoms with Crippen molar-refractivity contribution in [3.05, 3.63) is 133 Å². The summed E-state index contributed by atoms with van der Waals surface area (Å²) in [7, 11) is -2.52. The molecule has 65 heavy (non-hydrogen) atoms. The molecular formula is C42H30Cl2F6N8O6S. The Hall–Kier alpha value is -6.45. The number of carbonyl (C=O) groups is 2. The number of benzene rings is 4. The fourth-order valence-corrected chi connectivity index (χ4v) is 9.63.